The number of hydrogen-bond donors (Lipinski definition) is 1. The third-order valence-electron chi connectivity index (χ3n) is 6.01. The maximum Gasteiger partial charge on any atom is 0.255 e. The zero-order valence-corrected chi connectivity index (χ0v) is 21.0. The Balaban J connectivity index is 1.50. The molecule has 0 spiro atoms. The standard InChI is InChI=1S/C25H25BrN4O5/c1-34-15-7-8-18(26)17(13-15)25(33)30-11-9-29(10-12-30)21(31)14-20-22(24(27)32)23(35-2)16-5-3-4-6-19(16)28-20/h3-8,13H,9-12,14H2,1-2H3,(H2,27,32). The van der Waals surface area contributed by atoms with Gasteiger partial charge in [-0.05, 0) is 46.3 Å². The van der Waals surface area contributed by atoms with E-state index in [4.69, 9.17) is 15.2 Å². The molecule has 182 valence electrons. The van der Waals surface area contributed by atoms with Crippen molar-refractivity contribution in [2.75, 3.05) is 40.4 Å². The van der Waals surface area contributed by atoms with E-state index in [1.54, 1.807) is 47.2 Å². The molecule has 0 bridgehead atoms. The lowest BCUT2D eigenvalue weighted by Gasteiger charge is -2.35. The number of hydrogen-bond acceptors (Lipinski definition) is 6. The second-order valence-electron chi connectivity index (χ2n) is 8.04. The Bertz CT molecular complexity index is 1300. The molecule has 2 heterocycles. The lowest BCUT2D eigenvalue weighted by Crippen LogP contribution is -2.51. The second-order valence-corrected chi connectivity index (χ2v) is 8.90. The molecular weight excluding hydrogens is 516 g/mol. The molecule has 1 fully saturated rings. The van der Waals surface area contributed by atoms with E-state index in [2.05, 4.69) is 20.9 Å². The van der Waals surface area contributed by atoms with Gasteiger partial charge in [-0.3, -0.25) is 19.4 Å². The lowest BCUT2D eigenvalue weighted by atomic mass is 10.0. The molecule has 1 aliphatic rings. The number of carbonyl (C=O) groups excluding carboxylic acids is 3. The van der Waals surface area contributed by atoms with Gasteiger partial charge in [0.1, 0.15) is 17.1 Å². The van der Waals surface area contributed by atoms with Gasteiger partial charge in [-0.1, -0.05) is 12.1 Å². The van der Waals surface area contributed by atoms with Crippen molar-refractivity contribution in [2.45, 2.75) is 6.42 Å². The molecule has 0 saturated carbocycles. The van der Waals surface area contributed by atoms with Crippen molar-refractivity contribution in [3.05, 3.63) is 63.8 Å². The van der Waals surface area contributed by atoms with Gasteiger partial charge in [-0.25, -0.2) is 0 Å². The first-order valence-electron chi connectivity index (χ1n) is 11.0. The van der Waals surface area contributed by atoms with Crippen molar-refractivity contribution in [1.29, 1.82) is 0 Å². The highest BCUT2D eigenvalue weighted by molar-refractivity contribution is 9.10. The third-order valence-corrected chi connectivity index (χ3v) is 6.70. The minimum Gasteiger partial charge on any atom is -0.497 e. The van der Waals surface area contributed by atoms with E-state index in [0.29, 0.717) is 58.6 Å². The number of amides is 3. The Morgan fingerprint density at radius 2 is 1.69 bits per heavy atom. The van der Waals surface area contributed by atoms with Gasteiger partial charge in [0.2, 0.25) is 5.91 Å². The number of nitrogens with two attached hydrogens (primary N) is 1. The topological polar surface area (TPSA) is 115 Å². The van der Waals surface area contributed by atoms with E-state index < -0.39 is 5.91 Å². The number of rotatable bonds is 6. The number of methoxy groups -OCH3 is 2. The predicted molar refractivity (Wildman–Crippen MR) is 134 cm³/mol. The largest absolute Gasteiger partial charge is 0.497 e. The number of benzene rings is 2. The molecule has 2 N–H and O–H groups in total. The fraction of sp³-hybridized carbons (Fsp3) is 0.280. The van der Waals surface area contributed by atoms with Crippen LogP contribution in [0.1, 0.15) is 26.4 Å². The van der Waals surface area contributed by atoms with Gasteiger partial charge in [-0.15, -0.1) is 0 Å². The van der Waals surface area contributed by atoms with Crippen molar-refractivity contribution in [2.24, 2.45) is 5.73 Å². The summed E-state index contributed by atoms with van der Waals surface area (Å²) >= 11 is 3.42. The fourth-order valence-corrected chi connectivity index (χ4v) is 4.62. The van der Waals surface area contributed by atoms with Gasteiger partial charge in [0.05, 0.1) is 37.4 Å². The van der Waals surface area contributed by atoms with E-state index in [1.807, 2.05) is 12.1 Å². The molecule has 0 aliphatic carbocycles. The SMILES string of the molecule is COc1ccc(Br)c(C(=O)N2CCN(C(=O)Cc3nc4ccccc4c(OC)c3C(N)=O)CC2)c1. The summed E-state index contributed by atoms with van der Waals surface area (Å²) in [5.74, 6) is -0.145. The number of piperazine rings is 1. The first-order chi connectivity index (χ1) is 16.8. The Morgan fingerprint density at radius 1 is 1.00 bits per heavy atom. The molecule has 3 amide bonds. The van der Waals surface area contributed by atoms with Crippen LogP contribution in [0.3, 0.4) is 0 Å². The molecule has 0 unspecified atom stereocenters. The quantitative estimate of drug-likeness (QED) is 0.513. The predicted octanol–water partition coefficient (Wildman–Crippen LogP) is 2.64. The molecule has 1 aliphatic heterocycles. The van der Waals surface area contributed by atoms with Crippen LogP contribution in [0.25, 0.3) is 10.9 Å². The van der Waals surface area contributed by atoms with Crippen molar-refractivity contribution < 1.29 is 23.9 Å². The number of aromatic nitrogens is 1. The van der Waals surface area contributed by atoms with Crippen LogP contribution in [0.5, 0.6) is 11.5 Å². The smallest absolute Gasteiger partial charge is 0.255 e. The van der Waals surface area contributed by atoms with E-state index >= 15 is 0 Å². The van der Waals surface area contributed by atoms with Crippen LogP contribution in [-0.2, 0) is 11.2 Å². The highest BCUT2D eigenvalue weighted by Crippen LogP contribution is 2.31. The van der Waals surface area contributed by atoms with Crippen LogP contribution < -0.4 is 15.2 Å². The maximum absolute atomic E-state index is 13.1. The average molecular weight is 541 g/mol. The van der Waals surface area contributed by atoms with E-state index in [9.17, 15) is 14.4 Å². The number of ether oxygens (including phenoxy) is 2. The average Bonchev–Trinajstić information content (AvgIpc) is 2.87. The van der Waals surface area contributed by atoms with Crippen LogP contribution in [0.15, 0.2) is 46.9 Å². The number of fused-ring (bicyclic) bond motifs is 1. The van der Waals surface area contributed by atoms with Crippen molar-refractivity contribution in [3.8, 4) is 11.5 Å². The monoisotopic (exact) mass is 540 g/mol. The molecular formula is C25H25BrN4O5. The molecule has 0 atom stereocenters. The Labute approximate surface area is 210 Å². The normalized spacial score (nSPS) is 13.6. The maximum atomic E-state index is 13.1. The zero-order chi connectivity index (χ0) is 25.1. The summed E-state index contributed by atoms with van der Waals surface area (Å²) in [5, 5.41) is 0.649. The Morgan fingerprint density at radius 3 is 2.34 bits per heavy atom. The summed E-state index contributed by atoms with van der Waals surface area (Å²) in [7, 11) is 3.00. The van der Waals surface area contributed by atoms with Crippen molar-refractivity contribution in [3.63, 3.8) is 0 Å². The summed E-state index contributed by atoms with van der Waals surface area (Å²) in [6.07, 6.45) is -0.102. The van der Waals surface area contributed by atoms with Gasteiger partial charge in [0, 0.05) is 36.0 Å². The molecule has 1 saturated heterocycles. The number of carbonyl (C=O) groups is 3. The highest BCUT2D eigenvalue weighted by Gasteiger charge is 2.28. The molecule has 1 aromatic heterocycles. The van der Waals surface area contributed by atoms with E-state index in [0.717, 1.165) is 0 Å². The van der Waals surface area contributed by atoms with Gasteiger partial charge in [0.15, 0.2) is 0 Å². The molecule has 4 rings (SSSR count). The van der Waals surface area contributed by atoms with Gasteiger partial charge >= 0.3 is 0 Å². The molecule has 2 aromatic carbocycles. The first-order valence-corrected chi connectivity index (χ1v) is 11.8. The zero-order valence-electron chi connectivity index (χ0n) is 19.4. The second kappa shape index (κ2) is 10.3. The van der Waals surface area contributed by atoms with E-state index in [-0.39, 0.29) is 29.5 Å². The van der Waals surface area contributed by atoms with Crippen LogP contribution >= 0.6 is 15.9 Å². The Kier molecular flexibility index (Phi) is 7.20. The summed E-state index contributed by atoms with van der Waals surface area (Å²) < 4.78 is 11.4. The van der Waals surface area contributed by atoms with Crippen LogP contribution in [0, 0.1) is 0 Å². The number of nitrogens with zero attached hydrogens (tertiary/aromatic N) is 3. The summed E-state index contributed by atoms with van der Waals surface area (Å²) in [6, 6.07) is 12.4. The van der Waals surface area contributed by atoms with Crippen LogP contribution in [-0.4, -0.2) is 72.9 Å². The molecule has 0 radical (unpaired) electrons. The summed E-state index contributed by atoms with van der Waals surface area (Å²) in [5.41, 5.74) is 7.13. The van der Waals surface area contributed by atoms with Crippen molar-refractivity contribution in [1.82, 2.24) is 14.8 Å². The molecule has 9 nitrogen and oxygen atoms in total. The molecule has 35 heavy (non-hydrogen) atoms. The number of primary amides is 1. The third kappa shape index (κ3) is 4.93. The summed E-state index contributed by atoms with van der Waals surface area (Å²) in [6.45, 7) is 1.49. The summed E-state index contributed by atoms with van der Waals surface area (Å²) in [4.78, 5) is 46.3. The minimum absolute atomic E-state index is 0.102. The van der Waals surface area contributed by atoms with Crippen LogP contribution in [0.2, 0.25) is 0 Å². The minimum atomic E-state index is -0.706. The first kappa shape index (κ1) is 24.5. The molecule has 10 heteroatoms. The van der Waals surface area contributed by atoms with Gasteiger partial charge in [0.25, 0.3) is 11.8 Å². The van der Waals surface area contributed by atoms with Crippen LogP contribution in [0.4, 0.5) is 0 Å². The number of para-hydroxylation sites is 1. The lowest BCUT2D eigenvalue weighted by molar-refractivity contribution is -0.132. The Hall–Kier alpha value is -3.66. The van der Waals surface area contributed by atoms with Crippen molar-refractivity contribution >= 4 is 44.6 Å². The highest BCUT2D eigenvalue weighted by atomic mass is 79.9. The fourth-order valence-electron chi connectivity index (χ4n) is 4.20. The van der Waals surface area contributed by atoms with E-state index in [1.165, 1.54) is 7.11 Å². The number of halogens is 1. The van der Waals surface area contributed by atoms with Gasteiger partial charge < -0.3 is 25.0 Å². The molecule has 3 aromatic rings. The van der Waals surface area contributed by atoms with Gasteiger partial charge in [-0.2, -0.15) is 0 Å². The number of pyridine rings is 1.